The average molecular weight is 546 g/mol. The topological polar surface area (TPSA) is 132 Å². The first-order valence-corrected chi connectivity index (χ1v) is 14.5. The van der Waals surface area contributed by atoms with Gasteiger partial charge in [-0.25, -0.2) is 10.9 Å². The van der Waals surface area contributed by atoms with E-state index in [0.29, 0.717) is 10.6 Å². The maximum atomic E-state index is 13.5. The Morgan fingerprint density at radius 2 is 1.63 bits per heavy atom. The molecule has 0 spiro atoms. The second kappa shape index (κ2) is 11.4. The molecule has 0 radical (unpaired) electrons. The van der Waals surface area contributed by atoms with Gasteiger partial charge < -0.3 is 9.74 Å². The van der Waals surface area contributed by atoms with Crippen LogP contribution in [0.3, 0.4) is 0 Å². The van der Waals surface area contributed by atoms with Crippen molar-refractivity contribution in [3.8, 4) is 12.1 Å². The van der Waals surface area contributed by atoms with E-state index in [1.165, 1.54) is 36.4 Å². The molecule has 12 heteroatoms. The number of benzene rings is 2. The van der Waals surface area contributed by atoms with Crippen LogP contribution >= 0.6 is 0 Å². The van der Waals surface area contributed by atoms with Crippen LogP contribution in [0.25, 0.3) is 0 Å². The van der Waals surface area contributed by atoms with Crippen molar-refractivity contribution in [2.45, 2.75) is 64.1 Å². The number of nitriles is 2. The summed E-state index contributed by atoms with van der Waals surface area (Å²) in [7, 11) is -2.48. The standard InChI is InChI=1S/C26H30F3N5O3Si/c1-16(37-38(5,6)25(2,3)4)22(33-20-12-11-19(15-31)21(13-20)26(27,28)29)24(36)34(32)23(35)18-9-7-17(14-30)8-10-18/h7-13,16,22,33H,32H2,1-6H3/t16-,22+/m0/s1. The molecule has 0 heterocycles. The number of hydrogen-bond acceptors (Lipinski definition) is 7. The number of rotatable bonds is 7. The van der Waals surface area contributed by atoms with Crippen molar-refractivity contribution < 1.29 is 27.2 Å². The predicted molar refractivity (Wildman–Crippen MR) is 138 cm³/mol. The quantitative estimate of drug-likeness (QED) is 0.212. The molecule has 0 aliphatic carbocycles. The first-order valence-electron chi connectivity index (χ1n) is 11.6. The molecule has 0 unspecified atom stereocenters. The van der Waals surface area contributed by atoms with Crippen LogP contribution in [-0.4, -0.2) is 37.3 Å². The zero-order chi connectivity index (χ0) is 29.1. The van der Waals surface area contributed by atoms with Gasteiger partial charge in [0, 0.05) is 11.3 Å². The van der Waals surface area contributed by atoms with Gasteiger partial charge >= 0.3 is 6.18 Å². The Bertz CT molecular complexity index is 1280. The summed E-state index contributed by atoms with van der Waals surface area (Å²) in [6.45, 7) is 11.4. The number of nitrogens with two attached hydrogens (primary N) is 1. The number of alkyl halides is 3. The van der Waals surface area contributed by atoms with E-state index in [-0.39, 0.29) is 16.3 Å². The summed E-state index contributed by atoms with van der Waals surface area (Å²) in [5, 5.41) is 20.9. The van der Waals surface area contributed by atoms with Crippen LogP contribution in [0, 0.1) is 22.7 Å². The number of anilines is 1. The van der Waals surface area contributed by atoms with Gasteiger partial charge in [-0.2, -0.15) is 23.7 Å². The van der Waals surface area contributed by atoms with Gasteiger partial charge in [-0.15, -0.1) is 0 Å². The number of nitrogens with one attached hydrogen (secondary N) is 1. The highest BCUT2D eigenvalue weighted by atomic mass is 28.4. The van der Waals surface area contributed by atoms with Crippen LogP contribution in [0.15, 0.2) is 42.5 Å². The molecule has 0 saturated carbocycles. The molecule has 2 rings (SSSR count). The summed E-state index contributed by atoms with van der Waals surface area (Å²) in [5.41, 5.74) is -1.53. The average Bonchev–Trinajstić information content (AvgIpc) is 2.84. The molecule has 0 fully saturated rings. The number of hydrazine groups is 1. The number of imide groups is 1. The molecule has 2 amide bonds. The Morgan fingerprint density at radius 3 is 2.11 bits per heavy atom. The van der Waals surface area contributed by atoms with Crippen LogP contribution in [0.1, 0.15) is 54.7 Å². The Morgan fingerprint density at radius 1 is 1.05 bits per heavy atom. The molecule has 2 atom stereocenters. The van der Waals surface area contributed by atoms with Gasteiger partial charge in [0.25, 0.3) is 11.8 Å². The van der Waals surface area contributed by atoms with E-state index in [4.69, 9.17) is 20.8 Å². The smallest absolute Gasteiger partial charge is 0.412 e. The second-order valence-corrected chi connectivity index (χ2v) is 15.0. The fourth-order valence-corrected chi connectivity index (χ4v) is 4.73. The van der Waals surface area contributed by atoms with Crippen LogP contribution in [0.2, 0.25) is 18.1 Å². The molecule has 0 saturated heterocycles. The van der Waals surface area contributed by atoms with Gasteiger partial charge in [0.2, 0.25) is 0 Å². The highest BCUT2D eigenvalue weighted by Gasteiger charge is 2.42. The summed E-state index contributed by atoms with van der Waals surface area (Å²) in [4.78, 5) is 26.4. The van der Waals surface area contributed by atoms with Crippen molar-refractivity contribution in [1.29, 1.82) is 10.5 Å². The molecule has 2 aromatic carbocycles. The van der Waals surface area contributed by atoms with Gasteiger partial charge in [-0.05, 0) is 67.5 Å². The van der Waals surface area contributed by atoms with Crippen LogP contribution in [-0.2, 0) is 15.4 Å². The lowest BCUT2D eigenvalue weighted by Crippen LogP contribution is -2.56. The normalized spacial score (nSPS) is 13.6. The molecule has 2 aromatic rings. The molecular formula is C26H30F3N5O3Si. The SMILES string of the molecule is C[C@H](O[Si](C)(C)C(C)(C)C)[C@@H](Nc1ccc(C#N)c(C(F)(F)F)c1)C(=O)N(N)C(=O)c1ccc(C#N)cc1. The van der Waals surface area contributed by atoms with Crippen molar-refractivity contribution in [2.75, 3.05) is 5.32 Å². The molecule has 3 N–H and O–H groups in total. The Labute approximate surface area is 220 Å². The fourth-order valence-electron chi connectivity index (χ4n) is 3.31. The largest absolute Gasteiger partial charge is 0.417 e. The first-order chi connectivity index (χ1) is 17.4. The Balaban J connectivity index is 2.49. The summed E-state index contributed by atoms with van der Waals surface area (Å²) >= 11 is 0. The number of carbonyl (C=O) groups excluding carboxylic acids is 2. The van der Waals surface area contributed by atoms with Gasteiger partial charge in [0.05, 0.1) is 34.9 Å². The van der Waals surface area contributed by atoms with Gasteiger partial charge in [-0.1, -0.05) is 20.8 Å². The molecule has 0 aliphatic rings. The van der Waals surface area contributed by atoms with E-state index in [1.54, 1.807) is 6.92 Å². The summed E-state index contributed by atoms with van der Waals surface area (Å²) in [6, 6.07) is 10.5. The maximum absolute atomic E-state index is 13.5. The number of halogens is 3. The number of carbonyl (C=O) groups is 2. The molecule has 8 nitrogen and oxygen atoms in total. The zero-order valence-corrected chi connectivity index (χ0v) is 23.0. The number of amides is 2. The molecule has 202 valence electrons. The van der Waals surface area contributed by atoms with Crippen molar-refractivity contribution in [3.05, 3.63) is 64.7 Å². The maximum Gasteiger partial charge on any atom is 0.417 e. The van der Waals surface area contributed by atoms with Crippen LogP contribution in [0.4, 0.5) is 18.9 Å². The lowest BCUT2D eigenvalue weighted by Gasteiger charge is -2.40. The summed E-state index contributed by atoms with van der Waals surface area (Å²) < 4.78 is 46.9. The highest BCUT2D eigenvalue weighted by Crippen LogP contribution is 2.38. The molecule has 0 bridgehead atoms. The minimum Gasteiger partial charge on any atom is -0.412 e. The lowest BCUT2D eigenvalue weighted by atomic mass is 10.1. The van der Waals surface area contributed by atoms with Crippen molar-refractivity contribution in [2.24, 2.45) is 5.84 Å². The van der Waals surface area contributed by atoms with E-state index >= 15 is 0 Å². The zero-order valence-electron chi connectivity index (χ0n) is 22.0. The number of nitrogens with zero attached hydrogens (tertiary/aromatic N) is 3. The monoisotopic (exact) mass is 545 g/mol. The predicted octanol–water partition coefficient (Wildman–Crippen LogP) is 5.18. The third-order valence-corrected chi connectivity index (χ3v) is 11.1. The van der Waals surface area contributed by atoms with E-state index in [1.807, 2.05) is 39.9 Å². The fraction of sp³-hybridized carbons (Fsp3) is 0.385. The van der Waals surface area contributed by atoms with E-state index in [9.17, 15) is 22.8 Å². The van der Waals surface area contributed by atoms with E-state index in [0.717, 1.165) is 12.1 Å². The molecular weight excluding hydrogens is 515 g/mol. The van der Waals surface area contributed by atoms with Crippen LogP contribution < -0.4 is 11.2 Å². The Kier molecular flexibility index (Phi) is 9.11. The van der Waals surface area contributed by atoms with Gasteiger partial charge in [-0.3, -0.25) is 9.59 Å². The molecule has 38 heavy (non-hydrogen) atoms. The summed E-state index contributed by atoms with van der Waals surface area (Å²) in [6.07, 6.45) is -5.72. The summed E-state index contributed by atoms with van der Waals surface area (Å²) in [5.74, 6) is 4.10. The minimum absolute atomic E-state index is 0.0364. The highest BCUT2D eigenvalue weighted by molar-refractivity contribution is 6.74. The lowest BCUT2D eigenvalue weighted by molar-refractivity contribution is -0.137. The van der Waals surface area contributed by atoms with E-state index in [2.05, 4.69) is 5.32 Å². The Hall–Kier alpha value is -3.71. The third kappa shape index (κ3) is 6.98. The number of hydrogen-bond donors (Lipinski definition) is 2. The van der Waals surface area contributed by atoms with Crippen molar-refractivity contribution in [3.63, 3.8) is 0 Å². The minimum atomic E-state index is -4.81. The molecule has 0 aliphatic heterocycles. The van der Waals surface area contributed by atoms with Gasteiger partial charge in [0.1, 0.15) is 6.04 Å². The van der Waals surface area contributed by atoms with Gasteiger partial charge in [0.15, 0.2) is 8.32 Å². The van der Waals surface area contributed by atoms with Crippen molar-refractivity contribution >= 4 is 25.8 Å². The first kappa shape index (κ1) is 30.5. The van der Waals surface area contributed by atoms with Crippen molar-refractivity contribution in [1.82, 2.24) is 5.01 Å². The van der Waals surface area contributed by atoms with E-state index < -0.39 is 49.6 Å². The molecule has 0 aromatic heterocycles. The van der Waals surface area contributed by atoms with Crippen LogP contribution in [0.5, 0.6) is 0 Å². The second-order valence-electron chi connectivity index (χ2n) is 10.3. The third-order valence-electron chi connectivity index (χ3n) is 6.51.